The predicted molar refractivity (Wildman–Crippen MR) is 84.8 cm³/mol. The second-order valence-electron chi connectivity index (χ2n) is 5.09. The molecule has 0 aliphatic heterocycles. The molecule has 0 fully saturated rings. The number of aryl methyl sites for hydroxylation is 1. The van der Waals surface area contributed by atoms with Crippen molar-refractivity contribution >= 4 is 10.9 Å². The van der Waals surface area contributed by atoms with Gasteiger partial charge in [-0.3, -0.25) is 14.7 Å². The number of hydrogen-bond donors (Lipinski definition) is 1. The summed E-state index contributed by atoms with van der Waals surface area (Å²) >= 11 is 0. The predicted octanol–water partition coefficient (Wildman–Crippen LogP) is 1.44. The summed E-state index contributed by atoms with van der Waals surface area (Å²) in [5, 5.41) is 3.53. The van der Waals surface area contributed by atoms with E-state index >= 15 is 0 Å². The number of aromatic amines is 1. The normalized spacial score (nSPS) is 11.2. The molecule has 0 saturated carbocycles. The third-order valence-corrected chi connectivity index (χ3v) is 3.75. The molecular weight excluding hydrogens is 282 g/mol. The van der Waals surface area contributed by atoms with Crippen LogP contribution in [0, 0.1) is 6.92 Å². The summed E-state index contributed by atoms with van der Waals surface area (Å²) in [6.07, 6.45) is 0. The fourth-order valence-electron chi connectivity index (χ4n) is 2.63. The summed E-state index contributed by atoms with van der Waals surface area (Å²) in [7, 11) is 1.58. The molecule has 1 aromatic carbocycles. The van der Waals surface area contributed by atoms with Gasteiger partial charge in [0.05, 0.1) is 23.2 Å². The molecule has 6 nitrogen and oxygen atoms in total. The van der Waals surface area contributed by atoms with Gasteiger partial charge in [0.15, 0.2) is 0 Å². The van der Waals surface area contributed by atoms with Gasteiger partial charge in [0.25, 0.3) is 11.1 Å². The Morgan fingerprint density at radius 1 is 1.18 bits per heavy atom. The van der Waals surface area contributed by atoms with Crippen LogP contribution < -0.4 is 11.1 Å². The zero-order chi connectivity index (χ0) is 15.7. The maximum absolute atomic E-state index is 12.7. The van der Waals surface area contributed by atoms with E-state index in [1.165, 1.54) is 10.7 Å². The molecule has 6 heteroatoms. The van der Waals surface area contributed by atoms with E-state index in [4.69, 9.17) is 4.74 Å². The smallest absolute Gasteiger partial charge is 0.280 e. The molecule has 0 radical (unpaired) electrons. The van der Waals surface area contributed by atoms with Crippen LogP contribution in [0.15, 0.2) is 46.0 Å². The van der Waals surface area contributed by atoms with E-state index in [0.29, 0.717) is 29.7 Å². The molecular formula is C16H17N3O3. The average Bonchev–Trinajstić information content (AvgIpc) is 2.85. The number of aromatic nitrogens is 3. The van der Waals surface area contributed by atoms with Crippen molar-refractivity contribution < 1.29 is 4.74 Å². The molecule has 0 unspecified atom stereocenters. The van der Waals surface area contributed by atoms with Crippen molar-refractivity contribution in [2.45, 2.75) is 13.5 Å². The third kappa shape index (κ3) is 2.27. The summed E-state index contributed by atoms with van der Waals surface area (Å²) in [6.45, 7) is 2.63. The number of benzene rings is 1. The van der Waals surface area contributed by atoms with E-state index in [1.54, 1.807) is 18.6 Å². The summed E-state index contributed by atoms with van der Waals surface area (Å²) in [6, 6.07) is 10.7. The average molecular weight is 299 g/mol. The van der Waals surface area contributed by atoms with Crippen LogP contribution in [-0.4, -0.2) is 28.1 Å². The first-order valence-electron chi connectivity index (χ1n) is 7.03. The molecule has 2 aromatic heterocycles. The molecule has 0 atom stereocenters. The van der Waals surface area contributed by atoms with Crippen LogP contribution in [0.3, 0.4) is 0 Å². The fourth-order valence-corrected chi connectivity index (χ4v) is 2.63. The standard InChI is InChI=1S/C16H17N3O3/c1-11-15-13(10-14(20)18(11)8-9-22-2)17-19(16(15)21)12-6-4-3-5-7-12/h3-7,10,17H,8-9H2,1-2H3. The van der Waals surface area contributed by atoms with E-state index in [-0.39, 0.29) is 11.1 Å². The number of pyridine rings is 1. The first kappa shape index (κ1) is 14.3. The number of H-pyrrole nitrogens is 1. The van der Waals surface area contributed by atoms with Crippen molar-refractivity contribution in [3.63, 3.8) is 0 Å². The minimum Gasteiger partial charge on any atom is -0.383 e. The number of methoxy groups -OCH3 is 1. The van der Waals surface area contributed by atoms with Gasteiger partial charge in [-0.1, -0.05) is 18.2 Å². The zero-order valence-electron chi connectivity index (χ0n) is 12.5. The number of para-hydroxylation sites is 1. The summed E-state index contributed by atoms with van der Waals surface area (Å²) in [4.78, 5) is 24.9. The maximum Gasteiger partial charge on any atom is 0.280 e. The summed E-state index contributed by atoms with van der Waals surface area (Å²) in [5.41, 5.74) is 1.62. The highest BCUT2D eigenvalue weighted by Gasteiger charge is 2.14. The number of nitrogens with one attached hydrogen (secondary N) is 1. The summed E-state index contributed by atoms with van der Waals surface area (Å²) in [5.74, 6) is 0. The highest BCUT2D eigenvalue weighted by atomic mass is 16.5. The Kier molecular flexibility index (Phi) is 3.68. The summed E-state index contributed by atoms with van der Waals surface area (Å²) < 4.78 is 8.04. The molecule has 2 heterocycles. The lowest BCUT2D eigenvalue weighted by Crippen LogP contribution is -2.25. The molecule has 0 amide bonds. The van der Waals surface area contributed by atoms with Crippen LogP contribution in [0.2, 0.25) is 0 Å². The van der Waals surface area contributed by atoms with Gasteiger partial charge in [0, 0.05) is 25.4 Å². The van der Waals surface area contributed by atoms with Gasteiger partial charge in [0.2, 0.25) is 0 Å². The molecule has 22 heavy (non-hydrogen) atoms. The second-order valence-corrected chi connectivity index (χ2v) is 5.09. The molecule has 0 saturated heterocycles. The highest BCUT2D eigenvalue weighted by Crippen LogP contribution is 2.13. The third-order valence-electron chi connectivity index (χ3n) is 3.75. The van der Waals surface area contributed by atoms with Crippen molar-refractivity contribution in [1.82, 2.24) is 14.3 Å². The topological polar surface area (TPSA) is 69.0 Å². The van der Waals surface area contributed by atoms with E-state index in [2.05, 4.69) is 5.10 Å². The van der Waals surface area contributed by atoms with E-state index < -0.39 is 0 Å². The van der Waals surface area contributed by atoms with Crippen molar-refractivity contribution in [2.24, 2.45) is 0 Å². The molecule has 3 rings (SSSR count). The SMILES string of the molecule is COCCn1c(C)c2c(=O)n(-c3ccccc3)[nH]c2cc1=O. The zero-order valence-corrected chi connectivity index (χ0v) is 12.5. The Balaban J connectivity index is 2.25. The largest absolute Gasteiger partial charge is 0.383 e. The highest BCUT2D eigenvalue weighted by molar-refractivity contribution is 5.80. The number of rotatable bonds is 4. The second kappa shape index (κ2) is 5.65. The Labute approximate surface area is 126 Å². The lowest BCUT2D eigenvalue weighted by atomic mass is 10.2. The van der Waals surface area contributed by atoms with Gasteiger partial charge in [-0.05, 0) is 19.1 Å². The molecule has 114 valence electrons. The number of ether oxygens (including phenoxy) is 1. The Morgan fingerprint density at radius 2 is 1.91 bits per heavy atom. The van der Waals surface area contributed by atoms with Crippen LogP contribution in [0.4, 0.5) is 0 Å². The minimum atomic E-state index is -0.162. The van der Waals surface area contributed by atoms with Crippen molar-refractivity contribution in [3.8, 4) is 5.69 Å². The van der Waals surface area contributed by atoms with Gasteiger partial charge in [0.1, 0.15) is 0 Å². The molecule has 0 bridgehead atoms. The van der Waals surface area contributed by atoms with E-state index in [9.17, 15) is 9.59 Å². The van der Waals surface area contributed by atoms with E-state index in [1.807, 2.05) is 30.3 Å². The number of hydrogen-bond acceptors (Lipinski definition) is 3. The lowest BCUT2D eigenvalue weighted by Gasteiger charge is -2.08. The van der Waals surface area contributed by atoms with Crippen LogP contribution in [0.25, 0.3) is 16.6 Å². The van der Waals surface area contributed by atoms with Crippen LogP contribution in [-0.2, 0) is 11.3 Å². The van der Waals surface area contributed by atoms with Crippen molar-refractivity contribution in [3.05, 3.63) is 62.8 Å². The maximum atomic E-state index is 12.7. The molecule has 0 aliphatic carbocycles. The van der Waals surface area contributed by atoms with Crippen LogP contribution in [0.5, 0.6) is 0 Å². The Bertz CT molecular complexity index is 919. The van der Waals surface area contributed by atoms with E-state index in [0.717, 1.165) is 5.69 Å². The Morgan fingerprint density at radius 3 is 2.59 bits per heavy atom. The number of fused-ring (bicyclic) bond motifs is 1. The lowest BCUT2D eigenvalue weighted by molar-refractivity contribution is 0.185. The van der Waals surface area contributed by atoms with Crippen molar-refractivity contribution in [1.29, 1.82) is 0 Å². The quantitative estimate of drug-likeness (QED) is 0.792. The first-order valence-corrected chi connectivity index (χ1v) is 7.03. The van der Waals surface area contributed by atoms with Crippen LogP contribution >= 0.6 is 0 Å². The Hall–Kier alpha value is -2.60. The van der Waals surface area contributed by atoms with Crippen molar-refractivity contribution in [2.75, 3.05) is 13.7 Å². The minimum absolute atomic E-state index is 0.150. The molecule has 0 spiro atoms. The monoisotopic (exact) mass is 299 g/mol. The van der Waals surface area contributed by atoms with Crippen LogP contribution in [0.1, 0.15) is 5.69 Å². The van der Waals surface area contributed by atoms with Gasteiger partial charge in [-0.2, -0.15) is 0 Å². The number of nitrogens with zero attached hydrogens (tertiary/aromatic N) is 2. The van der Waals surface area contributed by atoms with Gasteiger partial charge in [-0.15, -0.1) is 0 Å². The molecule has 1 N–H and O–H groups in total. The fraction of sp³-hybridized carbons (Fsp3) is 0.250. The van der Waals surface area contributed by atoms with Gasteiger partial charge in [-0.25, -0.2) is 4.68 Å². The van der Waals surface area contributed by atoms with Gasteiger partial charge >= 0.3 is 0 Å². The molecule has 0 aliphatic rings. The molecule has 3 aromatic rings. The van der Waals surface area contributed by atoms with Gasteiger partial charge < -0.3 is 9.30 Å². The first-order chi connectivity index (χ1) is 10.6.